The Morgan fingerprint density at radius 2 is 1.95 bits per heavy atom. The minimum Gasteiger partial charge on any atom is -0.481 e. The second-order valence-electron chi connectivity index (χ2n) is 10.4. The molecule has 2 N–H and O–H groups in total. The van der Waals surface area contributed by atoms with Gasteiger partial charge in [-0.3, -0.25) is 9.59 Å². The molecule has 2 heterocycles. The van der Waals surface area contributed by atoms with Gasteiger partial charge in [-0.25, -0.2) is 13.2 Å². The summed E-state index contributed by atoms with van der Waals surface area (Å²) in [5.41, 5.74) is 1.61. The molecule has 1 aliphatic heterocycles. The molecular weight excluding hydrogens is 515 g/mol. The summed E-state index contributed by atoms with van der Waals surface area (Å²) < 4.78 is 54.4. The Morgan fingerprint density at radius 3 is 2.69 bits per heavy atom. The smallest absolute Gasteiger partial charge is 0.306 e. The molecule has 2 aromatic carbocycles. The highest BCUT2D eigenvalue weighted by molar-refractivity contribution is 5.82. The number of nitrogens with one attached hydrogen (secondary N) is 1. The summed E-state index contributed by atoms with van der Waals surface area (Å²) in [6, 6.07) is 6.44. The third-order valence-electron chi connectivity index (χ3n) is 7.54. The monoisotopic (exact) mass is 545 g/mol. The summed E-state index contributed by atoms with van der Waals surface area (Å²) in [5.74, 6) is -2.63. The van der Waals surface area contributed by atoms with Gasteiger partial charge in [0.25, 0.3) is 6.01 Å². The summed E-state index contributed by atoms with van der Waals surface area (Å²) in [6.45, 7) is 1.88. The van der Waals surface area contributed by atoms with E-state index in [0.717, 1.165) is 5.56 Å². The van der Waals surface area contributed by atoms with Crippen molar-refractivity contribution in [2.24, 2.45) is 5.92 Å². The first kappa shape index (κ1) is 27.0. The number of likely N-dealkylation sites (tertiary alicyclic amines) is 1. The number of aliphatic carboxylic acids is 1. The third kappa shape index (κ3) is 6.19. The number of nitrogens with zero attached hydrogens (tertiary/aromatic N) is 2. The normalized spacial score (nSPS) is 23.3. The fraction of sp³-hybridized carbons (Fsp3) is 0.464. The van der Waals surface area contributed by atoms with E-state index in [2.05, 4.69) is 10.3 Å². The largest absolute Gasteiger partial charge is 0.481 e. The number of ether oxygens (including phenoxy) is 1. The zero-order valence-corrected chi connectivity index (χ0v) is 21.5. The Labute approximate surface area is 223 Å². The Hall–Kier alpha value is -3.60. The number of alkyl halides is 1. The number of anilines is 2. The molecule has 1 saturated heterocycles. The Kier molecular flexibility index (Phi) is 7.79. The van der Waals surface area contributed by atoms with E-state index in [4.69, 9.17) is 14.3 Å². The molecule has 8 nitrogen and oxygen atoms in total. The molecule has 0 bridgehead atoms. The number of benzene rings is 2. The van der Waals surface area contributed by atoms with E-state index in [1.165, 1.54) is 29.2 Å². The van der Waals surface area contributed by atoms with E-state index >= 15 is 0 Å². The van der Waals surface area contributed by atoms with Crippen LogP contribution in [0.5, 0.6) is 0 Å². The van der Waals surface area contributed by atoms with Crippen LogP contribution >= 0.6 is 0 Å². The molecule has 2 fully saturated rings. The van der Waals surface area contributed by atoms with Crippen molar-refractivity contribution < 1.29 is 37.0 Å². The predicted molar refractivity (Wildman–Crippen MR) is 136 cm³/mol. The molecule has 39 heavy (non-hydrogen) atoms. The molecule has 3 aromatic rings. The molecule has 2 atom stereocenters. The van der Waals surface area contributed by atoms with Crippen LogP contribution in [0.3, 0.4) is 0 Å². The number of halogens is 3. The number of carboxylic acid groups (broad SMARTS) is 1. The highest BCUT2D eigenvalue weighted by Crippen LogP contribution is 2.30. The van der Waals surface area contributed by atoms with Crippen molar-refractivity contribution in [3.05, 3.63) is 53.1 Å². The van der Waals surface area contributed by atoms with Gasteiger partial charge in [0.1, 0.15) is 17.5 Å². The van der Waals surface area contributed by atoms with Gasteiger partial charge >= 0.3 is 5.97 Å². The quantitative estimate of drug-likeness (QED) is 0.396. The van der Waals surface area contributed by atoms with Crippen LogP contribution in [-0.2, 0) is 20.7 Å². The molecule has 5 rings (SSSR count). The number of rotatable bonds is 8. The van der Waals surface area contributed by atoms with E-state index in [1.807, 2.05) is 0 Å². The van der Waals surface area contributed by atoms with Crippen molar-refractivity contribution in [3.8, 4) is 0 Å². The number of aromatic nitrogens is 1. The van der Waals surface area contributed by atoms with Crippen molar-refractivity contribution in [2.75, 3.05) is 18.5 Å². The SMILES string of the molecule is Cc1ccc(F)cc1Nc1nc2c(F)cc(CC(=O)N3C[C@@H](F)C[C@H]3COC3CCC(C(=O)O)CC3)cc2o1. The maximum absolute atomic E-state index is 14.9. The van der Waals surface area contributed by atoms with Crippen molar-refractivity contribution >= 4 is 34.7 Å². The first-order valence-electron chi connectivity index (χ1n) is 13.1. The van der Waals surface area contributed by atoms with Gasteiger partial charge in [0.15, 0.2) is 11.4 Å². The van der Waals surface area contributed by atoms with E-state index in [-0.39, 0.29) is 61.0 Å². The highest BCUT2D eigenvalue weighted by atomic mass is 19.1. The Balaban J connectivity index is 1.23. The molecule has 0 unspecified atom stereocenters. The molecule has 11 heteroatoms. The summed E-state index contributed by atoms with van der Waals surface area (Å²) >= 11 is 0. The van der Waals surface area contributed by atoms with Crippen LogP contribution in [0.2, 0.25) is 0 Å². The van der Waals surface area contributed by atoms with Crippen LogP contribution in [0.15, 0.2) is 34.7 Å². The molecule has 1 saturated carbocycles. The topological polar surface area (TPSA) is 105 Å². The van der Waals surface area contributed by atoms with E-state index in [9.17, 15) is 22.8 Å². The molecule has 208 valence electrons. The average molecular weight is 546 g/mol. The molecule has 1 aromatic heterocycles. The lowest BCUT2D eigenvalue weighted by atomic mass is 9.87. The lowest BCUT2D eigenvalue weighted by Gasteiger charge is -2.29. The fourth-order valence-electron chi connectivity index (χ4n) is 5.36. The summed E-state index contributed by atoms with van der Waals surface area (Å²) in [4.78, 5) is 29.8. The second kappa shape index (κ2) is 11.3. The molecule has 0 radical (unpaired) electrons. The number of oxazole rings is 1. The van der Waals surface area contributed by atoms with E-state index in [1.54, 1.807) is 13.0 Å². The number of amides is 1. The number of carbonyl (C=O) groups excluding carboxylic acids is 1. The van der Waals surface area contributed by atoms with Crippen LogP contribution in [-0.4, -0.2) is 58.3 Å². The van der Waals surface area contributed by atoms with Crippen LogP contribution < -0.4 is 5.32 Å². The number of carbonyl (C=O) groups is 2. The van der Waals surface area contributed by atoms with E-state index < -0.39 is 29.8 Å². The lowest BCUT2D eigenvalue weighted by molar-refractivity contribution is -0.144. The number of fused-ring (bicyclic) bond motifs is 1. The Bertz CT molecular complexity index is 1370. The number of hydrogen-bond donors (Lipinski definition) is 2. The highest BCUT2D eigenvalue weighted by Gasteiger charge is 2.36. The third-order valence-corrected chi connectivity index (χ3v) is 7.54. The standard InChI is InChI=1S/C28H30F3N3O5/c1-15-2-5-18(29)12-23(15)32-28-33-26-22(31)8-16(9-24(26)39-28)10-25(35)34-13-19(30)11-20(34)14-38-21-6-3-17(4-7-21)27(36)37/h2,5,8-9,12,17,19-21H,3-4,6-7,10-11,13-14H2,1H3,(H,32,33)(H,36,37)/t17?,19-,20-,21?/m0/s1. The van der Waals surface area contributed by atoms with Crippen molar-refractivity contribution in [1.29, 1.82) is 0 Å². The molecular formula is C28H30F3N3O5. The van der Waals surface area contributed by atoms with Crippen molar-refractivity contribution in [2.45, 2.75) is 63.8 Å². The fourth-order valence-corrected chi connectivity index (χ4v) is 5.36. The van der Waals surface area contributed by atoms with Gasteiger partial charge < -0.3 is 24.5 Å². The van der Waals surface area contributed by atoms with Gasteiger partial charge in [-0.05, 0) is 68.0 Å². The van der Waals surface area contributed by atoms with Crippen LogP contribution in [0.1, 0.15) is 43.2 Å². The van der Waals surface area contributed by atoms with Crippen molar-refractivity contribution in [3.63, 3.8) is 0 Å². The number of aryl methyl sites for hydroxylation is 1. The van der Waals surface area contributed by atoms with Crippen LogP contribution in [0.4, 0.5) is 24.9 Å². The van der Waals surface area contributed by atoms with Crippen LogP contribution in [0.25, 0.3) is 11.1 Å². The number of hydrogen-bond acceptors (Lipinski definition) is 6. The summed E-state index contributed by atoms with van der Waals surface area (Å²) in [6.07, 6.45) is 0.997. The van der Waals surface area contributed by atoms with Gasteiger partial charge in [0.2, 0.25) is 5.91 Å². The minimum atomic E-state index is -1.18. The van der Waals surface area contributed by atoms with E-state index in [0.29, 0.717) is 36.9 Å². The van der Waals surface area contributed by atoms with Gasteiger partial charge in [0.05, 0.1) is 37.6 Å². The van der Waals surface area contributed by atoms with Crippen LogP contribution in [0, 0.1) is 24.5 Å². The molecule has 2 aliphatic rings. The molecule has 1 aliphatic carbocycles. The Morgan fingerprint density at radius 1 is 1.18 bits per heavy atom. The molecule has 1 amide bonds. The average Bonchev–Trinajstić information content (AvgIpc) is 3.48. The second-order valence-corrected chi connectivity index (χ2v) is 10.4. The first-order chi connectivity index (χ1) is 18.7. The first-order valence-corrected chi connectivity index (χ1v) is 13.1. The zero-order valence-electron chi connectivity index (χ0n) is 21.5. The lowest BCUT2D eigenvalue weighted by Crippen LogP contribution is -2.40. The summed E-state index contributed by atoms with van der Waals surface area (Å²) in [7, 11) is 0. The maximum atomic E-state index is 14.9. The van der Waals surface area contributed by atoms with Gasteiger partial charge in [0, 0.05) is 12.1 Å². The summed E-state index contributed by atoms with van der Waals surface area (Å²) in [5, 5.41) is 12.0. The van der Waals surface area contributed by atoms with Crippen molar-refractivity contribution in [1.82, 2.24) is 9.88 Å². The molecule has 0 spiro atoms. The predicted octanol–water partition coefficient (Wildman–Crippen LogP) is 5.30. The number of carboxylic acids is 1. The van der Waals surface area contributed by atoms with Gasteiger partial charge in [-0.1, -0.05) is 6.07 Å². The minimum absolute atomic E-state index is 0.0181. The maximum Gasteiger partial charge on any atom is 0.306 e. The van der Waals surface area contributed by atoms with Gasteiger partial charge in [-0.15, -0.1) is 0 Å². The zero-order chi connectivity index (χ0) is 27.7. The van der Waals surface area contributed by atoms with Gasteiger partial charge in [-0.2, -0.15) is 4.98 Å².